The molecule has 0 spiro atoms. The number of unbranched alkanes of at least 4 members (excludes halogenated alkanes) is 1. The highest BCUT2D eigenvalue weighted by Crippen LogP contribution is 2.14. The maximum absolute atomic E-state index is 5.60. The number of rotatable bonds is 9. The lowest BCUT2D eigenvalue weighted by Crippen LogP contribution is -1.93. The lowest BCUT2D eigenvalue weighted by Gasteiger charge is -2.07. The minimum Gasteiger partial charge on any atom is -0.122 e. The predicted octanol–water partition coefficient (Wildman–Crippen LogP) is 8.08. The molecule has 0 aliphatic carbocycles. The Morgan fingerprint density at radius 3 is 1.96 bits per heavy atom. The molecule has 0 saturated heterocycles. The van der Waals surface area contributed by atoms with Crippen molar-refractivity contribution in [2.75, 3.05) is 0 Å². The Kier molecular flexibility index (Phi) is 11.8. The second-order valence-electron chi connectivity index (χ2n) is 7.01. The monoisotopic (exact) mass is 370 g/mol. The number of hydrogen-bond donors (Lipinski definition) is 0. The Morgan fingerprint density at radius 2 is 1.46 bits per heavy atom. The first-order chi connectivity index (χ1) is 12.6. The molecule has 0 nitrogen and oxygen atoms in total. The first-order valence-electron chi connectivity index (χ1n) is 9.98. The molecule has 1 heteroatoms. The minimum absolute atomic E-state index is 0.581. The lowest BCUT2D eigenvalue weighted by atomic mass is 9.99. The van der Waals surface area contributed by atoms with Crippen LogP contribution in [-0.4, -0.2) is 0 Å². The summed E-state index contributed by atoms with van der Waals surface area (Å²) in [6.07, 6.45) is 9.65. The first kappa shape index (κ1) is 22.5. The molecular weight excluding hydrogens is 336 g/mol. The van der Waals surface area contributed by atoms with Gasteiger partial charge in [0.15, 0.2) is 0 Å². The van der Waals surface area contributed by atoms with Crippen LogP contribution in [0.4, 0.5) is 0 Å². The van der Waals surface area contributed by atoms with E-state index < -0.39 is 0 Å². The van der Waals surface area contributed by atoms with Crippen LogP contribution in [0, 0.1) is 5.92 Å². The summed E-state index contributed by atoms with van der Waals surface area (Å²) in [4.78, 5) is 0. The van der Waals surface area contributed by atoms with E-state index in [1.165, 1.54) is 43.2 Å². The Hall–Kier alpha value is -1.53. The van der Waals surface area contributed by atoms with E-state index in [-0.39, 0.29) is 0 Å². The van der Waals surface area contributed by atoms with Gasteiger partial charge < -0.3 is 0 Å². The van der Waals surface area contributed by atoms with Gasteiger partial charge in [-0.15, -0.1) is 11.6 Å². The fourth-order valence-corrected chi connectivity index (χ4v) is 2.89. The molecule has 0 radical (unpaired) electrons. The van der Waals surface area contributed by atoms with Gasteiger partial charge in [-0.3, -0.25) is 0 Å². The van der Waals surface area contributed by atoms with Crippen LogP contribution in [0.1, 0.15) is 68.7 Å². The van der Waals surface area contributed by atoms with E-state index in [9.17, 15) is 0 Å². The molecule has 2 aromatic carbocycles. The Labute approximate surface area is 166 Å². The standard InChI is InChI=1S/C16H26.C9H9Cl/c1-4-14(3)8-6-7-9-16-12-10-15(5-2)11-13-16;1-2-8-3-5-9(7-10)6-4-8/h10-14H,4-9H2,1-3H3;2-6H,1,7H2. The average Bonchev–Trinajstić information content (AvgIpc) is 2.72. The normalized spacial score (nSPS) is 11.4. The van der Waals surface area contributed by atoms with Gasteiger partial charge >= 0.3 is 0 Å². The number of alkyl halides is 1. The lowest BCUT2D eigenvalue weighted by molar-refractivity contribution is 0.484. The number of aryl methyl sites for hydroxylation is 2. The second-order valence-corrected chi connectivity index (χ2v) is 7.28. The van der Waals surface area contributed by atoms with Gasteiger partial charge in [-0.1, -0.05) is 101 Å². The van der Waals surface area contributed by atoms with Crippen LogP contribution in [0.25, 0.3) is 6.08 Å². The third kappa shape index (κ3) is 9.25. The predicted molar refractivity (Wildman–Crippen MR) is 119 cm³/mol. The Morgan fingerprint density at radius 1 is 0.885 bits per heavy atom. The number of benzene rings is 2. The average molecular weight is 371 g/mol. The summed E-state index contributed by atoms with van der Waals surface area (Å²) in [6, 6.07) is 17.1. The highest BCUT2D eigenvalue weighted by molar-refractivity contribution is 6.17. The molecule has 0 saturated carbocycles. The van der Waals surface area contributed by atoms with Crippen molar-refractivity contribution >= 4 is 17.7 Å². The molecule has 0 aromatic heterocycles. The van der Waals surface area contributed by atoms with Crippen molar-refractivity contribution in [1.82, 2.24) is 0 Å². The van der Waals surface area contributed by atoms with Crippen LogP contribution in [0.2, 0.25) is 0 Å². The second kappa shape index (κ2) is 13.6. The van der Waals surface area contributed by atoms with Crippen molar-refractivity contribution in [2.24, 2.45) is 5.92 Å². The fourth-order valence-electron chi connectivity index (χ4n) is 2.71. The summed E-state index contributed by atoms with van der Waals surface area (Å²) in [5.74, 6) is 1.49. The zero-order valence-corrected chi connectivity index (χ0v) is 17.6. The quantitative estimate of drug-likeness (QED) is 0.309. The highest BCUT2D eigenvalue weighted by atomic mass is 35.5. The minimum atomic E-state index is 0.581. The molecule has 0 amide bonds. The van der Waals surface area contributed by atoms with Crippen molar-refractivity contribution in [1.29, 1.82) is 0 Å². The molecule has 0 heterocycles. The van der Waals surface area contributed by atoms with Crippen molar-refractivity contribution < 1.29 is 0 Å². The SMILES string of the molecule is C=Cc1ccc(CCl)cc1.CCc1ccc(CCCCC(C)CC)cc1. The maximum atomic E-state index is 5.60. The Bertz CT molecular complexity index is 595. The summed E-state index contributed by atoms with van der Waals surface area (Å²) in [5.41, 5.74) is 5.23. The topological polar surface area (TPSA) is 0 Å². The van der Waals surface area contributed by atoms with Gasteiger partial charge in [-0.05, 0) is 47.4 Å². The Balaban J connectivity index is 0.000000289. The molecule has 0 aliphatic heterocycles. The first-order valence-corrected chi connectivity index (χ1v) is 10.5. The highest BCUT2D eigenvalue weighted by Gasteiger charge is 1.99. The van der Waals surface area contributed by atoms with Gasteiger partial charge in [-0.25, -0.2) is 0 Å². The van der Waals surface area contributed by atoms with Crippen LogP contribution in [0.5, 0.6) is 0 Å². The van der Waals surface area contributed by atoms with E-state index in [0.29, 0.717) is 5.88 Å². The summed E-state index contributed by atoms with van der Waals surface area (Å²) < 4.78 is 0. The molecule has 1 unspecified atom stereocenters. The molecule has 0 bridgehead atoms. The number of halogens is 1. The third-order valence-corrected chi connectivity index (χ3v) is 5.22. The summed E-state index contributed by atoms with van der Waals surface area (Å²) in [5, 5.41) is 0. The van der Waals surface area contributed by atoms with E-state index >= 15 is 0 Å². The molecule has 142 valence electrons. The van der Waals surface area contributed by atoms with Crippen LogP contribution < -0.4 is 0 Å². The van der Waals surface area contributed by atoms with E-state index in [2.05, 4.69) is 51.6 Å². The smallest absolute Gasteiger partial charge is 0.0474 e. The van der Waals surface area contributed by atoms with Gasteiger partial charge in [0, 0.05) is 5.88 Å². The van der Waals surface area contributed by atoms with Gasteiger partial charge in [0.2, 0.25) is 0 Å². The van der Waals surface area contributed by atoms with Crippen molar-refractivity contribution in [3.63, 3.8) is 0 Å². The van der Waals surface area contributed by atoms with Crippen molar-refractivity contribution in [3.05, 3.63) is 77.4 Å². The molecule has 2 aromatic rings. The van der Waals surface area contributed by atoms with Gasteiger partial charge in [0.1, 0.15) is 0 Å². The van der Waals surface area contributed by atoms with Crippen molar-refractivity contribution in [2.45, 2.75) is 65.2 Å². The zero-order valence-electron chi connectivity index (χ0n) is 16.8. The van der Waals surface area contributed by atoms with Gasteiger partial charge in [0.05, 0.1) is 0 Å². The fraction of sp³-hybridized carbons (Fsp3) is 0.440. The summed E-state index contributed by atoms with van der Waals surface area (Å²) >= 11 is 5.60. The molecule has 2 rings (SSSR count). The largest absolute Gasteiger partial charge is 0.122 e. The summed E-state index contributed by atoms with van der Waals surface area (Å²) in [7, 11) is 0. The van der Waals surface area contributed by atoms with Crippen LogP contribution in [0.15, 0.2) is 55.1 Å². The molecule has 1 atom stereocenters. The van der Waals surface area contributed by atoms with E-state index in [0.717, 1.165) is 23.5 Å². The molecular formula is C25H35Cl. The van der Waals surface area contributed by atoms with Gasteiger partial charge in [-0.2, -0.15) is 0 Å². The maximum Gasteiger partial charge on any atom is 0.0474 e. The molecule has 0 fully saturated rings. The van der Waals surface area contributed by atoms with Crippen LogP contribution in [0.3, 0.4) is 0 Å². The molecule has 0 N–H and O–H groups in total. The number of hydrogen-bond acceptors (Lipinski definition) is 0. The van der Waals surface area contributed by atoms with E-state index in [4.69, 9.17) is 11.6 Å². The van der Waals surface area contributed by atoms with Crippen molar-refractivity contribution in [3.8, 4) is 0 Å². The molecule has 26 heavy (non-hydrogen) atoms. The van der Waals surface area contributed by atoms with Crippen LogP contribution in [-0.2, 0) is 18.7 Å². The molecule has 0 aliphatic rings. The van der Waals surface area contributed by atoms with E-state index in [1.807, 2.05) is 30.3 Å². The van der Waals surface area contributed by atoms with Crippen LogP contribution >= 0.6 is 11.6 Å². The summed E-state index contributed by atoms with van der Waals surface area (Å²) in [6.45, 7) is 10.5. The van der Waals surface area contributed by atoms with Gasteiger partial charge in [0.25, 0.3) is 0 Å². The third-order valence-electron chi connectivity index (χ3n) is 4.91. The zero-order chi connectivity index (χ0) is 19.2. The van der Waals surface area contributed by atoms with E-state index in [1.54, 1.807) is 0 Å².